The molecule has 0 fully saturated rings. The predicted octanol–water partition coefficient (Wildman–Crippen LogP) is 4.22. The maximum atomic E-state index is 9.43. The lowest BCUT2D eigenvalue weighted by molar-refractivity contribution is 0.476. The van der Waals surface area contributed by atoms with Crippen molar-refractivity contribution in [3.05, 3.63) is 27.1 Å². The molecule has 13 heavy (non-hydrogen) atoms. The van der Waals surface area contributed by atoms with Crippen LogP contribution in [0.1, 0.15) is 5.56 Å². The van der Waals surface area contributed by atoms with E-state index in [4.69, 9.17) is 23.2 Å². The molecule has 0 amide bonds. The Balaban J connectivity index is 2.96. The van der Waals surface area contributed by atoms with Crippen LogP contribution in [0, 0.1) is 6.92 Å². The lowest BCUT2D eigenvalue weighted by Gasteiger charge is -2.01. The van der Waals surface area contributed by atoms with Gasteiger partial charge in [0.1, 0.15) is 10.8 Å². The molecule has 0 atom stereocenters. The Kier molecular flexibility index (Phi) is 2.14. The SMILES string of the molecule is Cc1csc2c(Cl)c(Cl)c(O)cc12. The topological polar surface area (TPSA) is 20.2 Å². The molecule has 1 N–H and O–H groups in total. The summed E-state index contributed by atoms with van der Waals surface area (Å²) in [5, 5.41) is 13.1. The number of hydrogen-bond acceptors (Lipinski definition) is 2. The fourth-order valence-electron chi connectivity index (χ4n) is 1.21. The summed E-state index contributed by atoms with van der Waals surface area (Å²) in [6, 6.07) is 1.65. The zero-order valence-electron chi connectivity index (χ0n) is 6.77. The van der Waals surface area contributed by atoms with Crippen LogP contribution in [0.4, 0.5) is 0 Å². The van der Waals surface area contributed by atoms with E-state index in [0.29, 0.717) is 5.02 Å². The molecule has 2 aromatic rings. The van der Waals surface area contributed by atoms with Gasteiger partial charge >= 0.3 is 0 Å². The third kappa shape index (κ3) is 1.30. The van der Waals surface area contributed by atoms with Crippen LogP contribution in [-0.2, 0) is 0 Å². The van der Waals surface area contributed by atoms with E-state index in [9.17, 15) is 5.11 Å². The van der Waals surface area contributed by atoms with Gasteiger partial charge < -0.3 is 5.11 Å². The maximum absolute atomic E-state index is 9.43. The van der Waals surface area contributed by atoms with Crippen molar-refractivity contribution in [3.8, 4) is 5.75 Å². The molecule has 1 heterocycles. The predicted molar refractivity (Wildman–Crippen MR) is 58.2 cm³/mol. The quantitative estimate of drug-likeness (QED) is 0.722. The number of hydrogen-bond donors (Lipinski definition) is 1. The van der Waals surface area contributed by atoms with Crippen molar-refractivity contribution in [2.24, 2.45) is 0 Å². The van der Waals surface area contributed by atoms with E-state index in [1.807, 2.05) is 12.3 Å². The molecule has 0 saturated heterocycles. The van der Waals surface area contributed by atoms with Gasteiger partial charge in [-0.2, -0.15) is 0 Å². The normalized spacial score (nSPS) is 11.0. The number of aryl methyl sites for hydroxylation is 1. The Hall–Kier alpha value is -0.440. The van der Waals surface area contributed by atoms with Crippen molar-refractivity contribution >= 4 is 44.6 Å². The minimum atomic E-state index is 0.0423. The first-order chi connectivity index (χ1) is 6.11. The summed E-state index contributed by atoms with van der Waals surface area (Å²) in [7, 11) is 0. The first kappa shape index (κ1) is 9.13. The number of thiophene rings is 1. The molecule has 0 aliphatic carbocycles. The van der Waals surface area contributed by atoms with Gasteiger partial charge in [-0.05, 0) is 23.9 Å². The lowest BCUT2D eigenvalue weighted by atomic mass is 10.2. The molecule has 0 bridgehead atoms. The Morgan fingerprint density at radius 3 is 2.69 bits per heavy atom. The molecule has 1 aromatic carbocycles. The van der Waals surface area contributed by atoms with Gasteiger partial charge in [-0.3, -0.25) is 0 Å². The zero-order chi connectivity index (χ0) is 9.59. The van der Waals surface area contributed by atoms with Crippen LogP contribution in [0.2, 0.25) is 10.0 Å². The van der Waals surface area contributed by atoms with Crippen LogP contribution >= 0.6 is 34.5 Å². The highest BCUT2D eigenvalue weighted by Crippen LogP contribution is 2.41. The Morgan fingerprint density at radius 1 is 1.31 bits per heavy atom. The van der Waals surface area contributed by atoms with E-state index in [-0.39, 0.29) is 10.8 Å². The van der Waals surface area contributed by atoms with Gasteiger partial charge in [-0.25, -0.2) is 0 Å². The number of aromatic hydroxyl groups is 1. The third-order valence-corrected chi connectivity index (χ3v) is 4.02. The van der Waals surface area contributed by atoms with Gasteiger partial charge in [0.25, 0.3) is 0 Å². The van der Waals surface area contributed by atoms with Crippen LogP contribution < -0.4 is 0 Å². The highest BCUT2D eigenvalue weighted by Gasteiger charge is 2.11. The van der Waals surface area contributed by atoms with Gasteiger partial charge in [0.2, 0.25) is 0 Å². The Morgan fingerprint density at radius 2 is 2.00 bits per heavy atom. The molecule has 68 valence electrons. The van der Waals surface area contributed by atoms with E-state index in [0.717, 1.165) is 15.6 Å². The van der Waals surface area contributed by atoms with E-state index in [2.05, 4.69) is 0 Å². The number of phenols is 1. The monoisotopic (exact) mass is 232 g/mol. The van der Waals surface area contributed by atoms with Crippen molar-refractivity contribution in [2.45, 2.75) is 6.92 Å². The van der Waals surface area contributed by atoms with Crippen LogP contribution in [0.15, 0.2) is 11.4 Å². The van der Waals surface area contributed by atoms with E-state index < -0.39 is 0 Å². The van der Waals surface area contributed by atoms with Crippen molar-refractivity contribution in [1.29, 1.82) is 0 Å². The second kappa shape index (κ2) is 3.05. The summed E-state index contributed by atoms with van der Waals surface area (Å²) in [6.07, 6.45) is 0. The maximum Gasteiger partial charge on any atom is 0.136 e. The minimum Gasteiger partial charge on any atom is -0.506 e. The molecule has 0 saturated carbocycles. The standard InChI is InChI=1S/C9H6Cl2OS/c1-4-3-13-9-5(4)2-6(12)7(10)8(9)11/h2-3,12H,1H3. The molecule has 4 heteroatoms. The number of halogens is 2. The molecule has 0 unspecified atom stereocenters. The highest BCUT2D eigenvalue weighted by atomic mass is 35.5. The molecule has 1 aromatic heterocycles. The van der Waals surface area contributed by atoms with Crippen LogP contribution in [0.5, 0.6) is 5.75 Å². The summed E-state index contributed by atoms with van der Waals surface area (Å²) in [4.78, 5) is 0. The van der Waals surface area contributed by atoms with Crippen molar-refractivity contribution < 1.29 is 5.11 Å². The number of phenolic OH excluding ortho intramolecular Hbond substituents is 1. The van der Waals surface area contributed by atoms with E-state index in [1.54, 1.807) is 6.07 Å². The summed E-state index contributed by atoms with van der Waals surface area (Å²) in [6.45, 7) is 1.97. The minimum absolute atomic E-state index is 0.0423. The van der Waals surface area contributed by atoms with Gasteiger partial charge in [0.05, 0.1) is 9.72 Å². The summed E-state index contributed by atoms with van der Waals surface area (Å²) in [5.41, 5.74) is 1.11. The second-order valence-electron chi connectivity index (χ2n) is 2.82. The van der Waals surface area contributed by atoms with Gasteiger partial charge in [-0.15, -0.1) is 11.3 Å². The fraction of sp³-hybridized carbons (Fsp3) is 0.111. The zero-order valence-corrected chi connectivity index (χ0v) is 9.09. The molecular weight excluding hydrogens is 227 g/mol. The first-order valence-electron chi connectivity index (χ1n) is 3.66. The van der Waals surface area contributed by atoms with Crippen LogP contribution in [-0.4, -0.2) is 5.11 Å². The molecule has 0 spiro atoms. The Bertz CT molecular complexity index is 476. The smallest absolute Gasteiger partial charge is 0.136 e. The second-order valence-corrected chi connectivity index (χ2v) is 4.45. The lowest BCUT2D eigenvalue weighted by Crippen LogP contribution is -1.74. The van der Waals surface area contributed by atoms with Crippen LogP contribution in [0.25, 0.3) is 10.1 Å². The summed E-state index contributed by atoms with van der Waals surface area (Å²) < 4.78 is 0.932. The summed E-state index contributed by atoms with van der Waals surface area (Å²) >= 11 is 13.3. The molecule has 0 aliphatic heterocycles. The molecule has 0 aliphatic rings. The average molecular weight is 233 g/mol. The van der Waals surface area contributed by atoms with Crippen molar-refractivity contribution in [2.75, 3.05) is 0 Å². The molecule has 1 nitrogen and oxygen atoms in total. The molecule has 0 radical (unpaired) electrons. The summed E-state index contributed by atoms with van der Waals surface area (Å²) in [5.74, 6) is 0.0423. The highest BCUT2D eigenvalue weighted by molar-refractivity contribution is 7.18. The average Bonchev–Trinajstić information content (AvgIpc) is 2.45. The van der Waals surface area contributed by atoms with Gasteiger partial charge in [-0.1, -0.05) is 23.2 Å². The Labute approximate surface area is 89.5 Å². The van der Waals surface area contributed by atoms with Crippen molar-refractivity contribution in [3.63, 3.8) is 0 Å². The first-order valence-corrected chi connectivity index (χ1v) is 5.29. The molecular formula is C9H6Cl2OS. The fourth-order valence-corrected chi connectivity index (χ4v) is 2.73. The molecule has 2 rings (SSSR count). The van der Waals surface area contributed by atoms with Crippen LogP contribution in [0.3, 0.4) is 0 Å². The van der Waals surface area contributed by atoms with E-state index in [1.165, 1.54) is 11.3 Å². The van der Waals surface area contributed by atoms with Gasteiger partial charge in [0, 0.05) is 5.39 Å². The van der Waals surface area contributed by atoms with E-state index >= 15 is 0 Å². The number of rotatable bonds is 0. The van der Waals surface area contributed by atoms with Gasteiger partial charge in [0.15, 0.2) is 0 Å². The third-order valence-electron chi connectivity index (χ3n) is 1.92. The largest absolute Gasteiger partial charge is 0.506 e. The number of fused-ring (bicyclic) bond motifs is 1. The van der Waals surface area contributed by atoms with Crippen molar-refractivity contribution in [1.82, 2.24) is 0 Å². The number of benzene rings is 1.